The molecule has 0 aliphatic heterocycles. The largest absolute Gasteiger partial charge is 0.312 e. The van der Waals surface area contributed by atoms with Gasteiger partial charge in [-0.3, -0.25) is 4.90 Å². The van der Waals surface area contributed by atoms with Crippen LogP contribution in [0.5, 0.6) is 0 Å². The van der Waals surface area contributed by atoms with Crippen molar-refractivity contribution in [1.82, 2.24) is 4.90 Å². The molecule has 0 rings (SSSR count). The van der Waals surface area contributed by atoms with Crippen LogP contribution in [0.15, 0.2) is 0 Å². The highest BCUT2D eigenvalue weighted by atomic mass is 15.1. The molecule has 0 aromatic heterocycles. The van der Waals surface area contributed by atoms with Gasteiger partial charge >= 0.3 is 0 Å². The second kappa shape index (κ2) is 5.76. The van der Waals surface area contributed by atoms with Gasteiger partial charge < -0.3 is 5.41 Å². The van der Waals surface area contributed by atoms with Gasteiger partial charge in [0.2, 0.25) is 0 Å². The van der Waals surface area contributed by atoms with E-state index in [4.69, 9.17) is 5.41 Å². The summed E-state index contributed by atoms with van der Waals surface area (Å²) in [6.07, 6.45) is 2.64. The molecule has 0 radical (unpaired) electrons. The average molecular weight is 128 g/mol. The molecule has 54 valence electrons. The Kier molecular flexibility index (Phi) is 5.52. The molecule has 0 aromatic carbocycles. The summed E-state index contributed by atoms with van der Waals surface area (Å²) in [7, 11) is 0. The van der Waals surface area contributed by atoms with E-state index < -0.39 is 0 Å². The highest BCUT2D eigenvalue weighted by molar-refractivity contribution is 5.55. The Balaban J connectivity index is 3.28. The van der Waals surface area contributed by atoms with Gasteiger partial charge in [-0.05, 0) is 19.5 Å². The summed E-state index contributed by atoms with van der Waals surface area (Å²) in [5.41, 5.74) is 0. The van der Waals surface area contributed by atoms with Crippen molar-refractivity contribution in [1.29, 1.82) is 5.41 Å². The Morgan fingerprint density at radius 1 is 1.44 bits per heavy atom. The predicted octanol–water partition coefficient (Wildman–Crippen LogP) is 1.37. The third kappa shape index (κ3) is 4.15. The molecule has 2 nitrogen and oxygen atoms in total. The molecule has 0 heterocycles. The number of rotatable bonds is 5. The quantitative estimate of drug-likeness (QED) is 0.556. The van der Waals surface area contributed by atoms with Crippen LogP contribution >= 0.6 is 0 Å². The second-order valence-electron chi connectivity index (χ2n) is 2.10. The molecule has 2 heteroatoms. The lowest BCUT2D eigenvalue weighted by Gasteiger charge is -2.15. The second-order valence-corrected chi connectivity index (χ2v) is 2.10. The fourth-order valence-corrected chi connectivity index (χ4v) is 0.824. The van der Waals surface area contributed by atoms with E-state index >= 15 is 0 Å². The Hall–Kier alpha value is -0.370. The lowest BCUT2D eigenvalue weighted by Crippen LogP contribution is -2.25. The van der Waals surface area contributed by atoms with Crippen molar-refractivity contribution in [2.75, 3.05) is 19.6 Å². The van der Waals surface area contributed by atoms with Crippen LogP contribution in [0.1, 0.15) is 20.3 Å². The van der Waals surface area contributed by atoms with Gasteiger partial charge in [-0.25, -0.2) is 0 Å². The van der Waals surface area contributed by atoms with Gasteiger partial charge in [0.1, 0.15) is 0 Å². The van der Waals surface area contributed by atoms with Gasteiger partial charge in [-0.2, -0.15) is 0 Å². The van der Waals surface area contributed by atoms with Crippen LogP contribution in [-0.2, 0) is 0 Å². The van der Waals surface area contributed by atoms with Crippen LogP contribution in [0.25, 0.3) is 0 Å². The predicted molar refractivity (Wildman–Crippen MR) is 41.2 cm³/mol. The van der Waals surface area contributed by atoms with E-state index in [-0.39, 0.29) is 0 Å². The molecule has 0 aromatic rings. The minimum absolute atomic E-state index is 0.810. The van der Waals surface area contributed by atoms with E-state index in [2.05, 4.69) is 18.7 Å². The van der Waals surface area contributed by atoms with Crippen LogP contribution in [0, 0.1) is 5.41 Å². The Morgan fingerprint density at radius 2 is 2.11 bits per heavy atom. The van der Waals surface area contributed by atoms with Crippen molar-refractivity contribution in [3.63, 3.8) is 0 Å². The lowest BCUT2D eigenvalue weighted by molar-refractivity contribution is 0.331. The normalized spacial score (nSPS) is 10.1. The molecule has 1 N–H and O–H groups in total. The summed E-state index contributed by atoms with van der Waals surface area (Å²) < 4.78 is 0. The maximum absolute atomic E-state index is 6.85. The summed E-state index contributed by atoms with van der Waals surface area (Å²) in [5.74, 6) is 0. The molecule has 0 amide bonds. The first kappa shape index (κ1) is 8.63. The molecule has 0 atom stereocenters. The molecule has 0 saturated heterocycles. The molecule has 0 spiro atoms. The molecular weight excluding hydrogens is 112 g/mol. The van der Waals surface area contributed by atoms with Gasteiger partial charge in [-0.1, -0.05) is 13.8 Å². The highest BCUT2D eigenvalue weighted by Gasteiger charge is 1.94. The summed E-state index contributed by atoms with van der Waals surface area (Å²) in [5, 5.41) is 6.85. The van der Waals surface area contributed by atoms with Crippen LogP contribution in [0.4, 0.5) is 0 Å². The first-order valence-corrected chi connectivity index (χ1v) is 3.56. The van der Waals surface area contributed by atoms with Crippen LogP contribution in [-0.4, -0.2) is 30.7 Å². The lowest BCUT2D eigenvalue weighted by atomic mass is 10.4. The summed E-state index contributed by atoms with van der Waals surface area (Å²) in [4.78, 5) is 2.24. The topological polar surface area (TPSA) is 27.1 Å². The Labute approximate surface area is 57.4 Å². The third-order valence-corrected chi connectivity index (χ3v) is 1.34. The van der Waals surface area contributed by atoms with Gasteiger partial charge in [-0.15, -0.1) is 0 Å². The van der Waals surface area contributed by atoms with Crippen molar-refractivity contribution in [2.24, 2.45) is 0 Å². The SMILES string of the molecule is CCCN(CC)CC=N. The third-order valence-electron chi connectivity index (χ3n) is 1.34. The highest BCUT2D eigenvalue weighted by Crippen LogP contribution is 1.86. The minimum Gasteiger partial charge on any atom is -0.312 e. The standard InChI is InChI=1S/C7H16N2/c1-3-6-9(4-2)7-5-8/h5,8H,3-4,6-7H2,1-2H3. The molecule has 0 saturated carbocycles. The van der Waals surface area contributed by atoms with E-state index in [1.54, 1.807) is 0 Å². The summed E-state index contributed by atoms with van der Waals surface area (Å²) in [6.45, 7) is 7.27. The van der Waals surface area contributed by atoms with Gasteiger partial charge in [0.15, 0.2) is 0 Å². The van der Waals surface area contributed by atoms with Gasteiger partial charge in [0.25, 0.3) is 0 Å². The molecule has 0 aliphatic carbocycles. The summed E-state index contributed by atoms with van der Waals surface area (Å²) >= 11 is 0. The van der Waals surface area contributed by atoms with Gasteiger partial charge in [0.05, 0.1) is 0 Å². The van der Waals surface area contributed by atoms with Crippen molar-refractivity contribution in [2.45, 2.75) is 20.3 Å². The zero-order valence-corrected chi connectivity index (χ0v) is 6.35. The van der Waals surface area contributed by atoms with E-state index in [9.17, 15) is 0 Å². The van der Waals surface area contributed by atoms with Crippen molar-refractivity contribution < 1.29 is 0 Å². The van der Waals surface area contributed by atoms with Crippen LogP contribution in [0.3, 0.4) is 0 Å². The van der Waals surface area contributed by atoms with Gasteiger partial charge in [0, 0.05) is 12.8 Å². The molecule has 0 fully saturated rings. The monoisotopic (exact) mass is 128 g/mol. The first-order chi connectivity index (χ1) is 4.35. The molecule has 0 unspecified atom stereocenters. The smallest absolute Gasteiger partial charge is 0.0330 e. The maximum atomic E-state index is 6.85. The fourth-order valence-electron chi connectivity index (χ4n) is 0.824. The zero-order valence-electron chi connectivity index (χ0n) is 6.35. The molecule has 0 aliphatic rings. The fraction of sp³-hybridized carbons (Fsp3) is 0.857. The Bertz CT molecular complexity index is 71.3. The van der Waals surface area contributed by atoms with E-state index in [0.717, 1.165) is 19.6 Å². The van der Waals surface area contributed by atoms with E-state index in [1.807, 2.05) is 0 Å². The number of nitrogens with zero attached hydrogens (tertiary/aromatic N) is 1. The van der Waals surface area contributed by atoms with Crippen LogP contribution in [0.2, 0.25) is 0 Å². The number of hydrogen-bond donors (Lipinski definition) is 1. The van der Waals surface area contributed by atoms with Crippen molar-refractivity contribution in [3.8, 4) is 0 Å². The molecular formula is C7H16N2. The molecule has 9 heavy (non-hydrogen) atoms. The average Bonchev–Trinajstić information content (AvgIpc) is 1.88. The number of nitrogens with one attached hydrogen (secondary N) is 1. The van der Waals surface area contributed by atoms with E-state index in [1.165, 1.54) is 12.6 Å². The minimum atomic E-state index is 0.810. The Morgan fingerprint density at radius 3 is 2.44 bits per heavy atom. The number of hydrogen-bond acceptors (Lipinski definition) is 2. The summed E-state index contributed by atoms with van der Waals surface area (Å²) in [6, 6.07) is 0. The van der Waals surface area contributed by atoms with Crippen molar-refractivity contribution in [3.05, 3.63) is 0 Å². The molecule has 0 bridgehead atoms. The van der Waals surface area contributed by atoms with E-state index in [0.29, 0.717) is 0 Å². The zero-order chi connectivity index (χ0) is 7.11. The van der Waals surface area contributed by atoms with Crippen LogP contribution < -0.4 is 0 Å². The first-order valence-electron chi connectivity index (χ1n) is 3.56. The maximum Gasteiger partial charge on any atom is 0.0330 e. The van der Waals surface area contributed by atoms with Crippen molar-refractivity contribution >= 4 is 6.21 Å².